The zero-order valence-corrected chi connectivity index (χ0v) is 11.0. The maximum absolute atomic E-state index is 12.0. The number of carbonyl (C=O) groups is 1. The van der Waals surface area contributed by atoms with Crippen LogP contribution in [0.5, 0.6) is 0 Å². The molecule has 98 valence electrons. The molecule has 0 bridgehead atoms. The molecule has 0 unspecified atom stereocenters. The molecule has 18 heavy (non-hydrogen) atoms. The molecule has 4 nitrogen and oxygen atoms in total. The summed E-state index contributed by atoms with van der Waals surface area (Å²) >= 11 is 0. The fourth-order valence-corrected chi connectivity index (χ4v) is 2.32. The molecule has 1 saturated heterocycles. The normalized spacial score (nSPS) is 15.5. The van der Waals surface area contributed by atoms with Crippen molar-refractivity contribution in [3.63, 3.8) is 0 Å². The lowest BCUT2D eigenvalue weighted by Crippen LogP contribution is -2.42. The number of nitrogens with one attached hydrogen (secondary N) is 1. The number of piperidine rings is 1. The maximum Gasteiger partial charge on any atom is 0.317 e. The van der Waals surface area contributed by atoms with Crippen LogP contribution in [0.3, 0.4) is 0 Å². The first kappa shape index (κ1) is 12.9. The zero-order chi connectivity index (χ0) is 12.8. The van der Waals surface area contributed by atoms with Gasteiger partial charge in [-0.05, 0) is 37.3 Å². The summed E-state index contributed by atoms with van der Waals surface area (Å²) in [6, 6.07) is 4.05. The number of nitrogens with zero attached hydrogens (tertiary/aromatic N) is 2. The summed E-state index contributed by atoms with van der Waals surface area (Å²) in [7, 11) is 0. The molecule has 1 fully saturated rings. The Kier molecular flexibility index (Phi) is 4.56. The van der Waals surface area contributed by atoms with Gasteiger partial charge in [0.2, 0.25) is 0 Å². The highest BCUT2D eigenvalue weighted by molar-refractivity contribution is 5.74. The quantitative estimate of drug-likeness (QED) is 0.891. The summed E-state index contributed by atoms with van der Waals surface area (Å²) in [5, 5.41) is 2.97. The second-order valence-electron chi connectivity index (χ2n) is 4.67. The highest BCUT2D eigenvalue weighted by Crippen LogP contribution is 2.09. The number of hydrogen-bond acceptors (Lipinski definition) is 2. The van der Waals surface area contributed by atoms with Crippen LogP contribution in [-0.2, 0) is 13.0 Å². The molecule has 2 rings (SSSR count). The van der Waals surface area contributed by atoms with Crippen LogP contribution in [0.1, 0.15) is 37.4 Å². The average molecular weight is 247 g/mol. The molecule has 0 atom stereocenters. The summed E-state index contributed by atoms with van der Waals surface area (Å²) in [6.45, 7) is 4.40. The van der Waals surface area contributed by atoms with Gasteiger partial charge in [0.05, 0.1) is 12.2 Å². The first-order chi connectivity index (χ1) is 8.81. The molecule has 1 N–H and O–H groups in total. The fraction of sp³-hybridized carbons (Fsp3) is 0.571. The second kappa shape index (κ2) is 6.38. The molecule has 0 aromatic carbocycles. The largest absolute Gasteiger partial charge is 0.332 e. The SMILES string of the molecule is CCc1cccnc1CNC(=O)N1CCCCC1. The smallest absolute Gasteiger partial charge is 0.317 e. The minimum absolute atomic E-state index is 0.0439. The summed E-state index contributed by atoms with van der Waals surface area (Å²) in [5.41, 5.74) is 2.18. The van der Waals surface area contributed by atoms with Crippen molar-refractivity contribution in [2.45, 2.75) is 39.2 Å². The Morgan fingerprint density at radius 2 is 2.17 bits per heavy atom. The Hall–Kier alpha value is -1.58. The van der Waals surface area contributed by atoms with Crippen LogP contribution >= 0.6 is 0 Å². The zero-order valence-electron chi connectivity index (χ0n) is 11.0. The lowest BCUT2D eigenvalue weighted by atomic mass is 10.1. The lowest BCUT2D eigenvalue weighted by molar-refractivity contribution is 0.186. The van der Waals surface area contributed by atoms with Crippen molar-refractivity contribution in [2.24, 2.45) is 0 Å². The van der Waals surface area contributed by atoms with Gasteiger partial charge in [0.15, 0.2) is 0 Å². The molecule has 1 aromatic heterocycles. The number of carbonyl (C=O) groups excluding carboxylic acids is 1. The van der Waals surface area contributed by atoms with E-state index in [1.165, 1.54) is 12.0 Å². The van der Waals surface area contributed by atoms with E-state index in [-0.39, 0.29) is 6.03 Å². The minimum Gasteiger partial charge on any atom is -0.332 e. The predicted molar refractivity (Wildman–Crippen MR) is 71.3 cm³/mol. The molecule has 2 amide bonds. The van der Waals surface area contributed by atoms with E-state index in [0.717, 1.165) is 38.0 Å². The van der Waals surface area contributed by atoms with Crippen molar-refractivity contribution >= 4 is 6.03 Å². The van der Waals surface area contributed by atoms with E-state index in [1.807, 2.05) is 11.0 Å². The van der Waals surface area contributed by atoms with Gasteiger partial charge in [0.25, 0.3) is 0 Å². The van der Waals surface area contributed by atoms with Crippen molar-refractivity contribution in [1.29, 1.82) is 0 Å². The number of amides is 2. The van der Waals surface area contributed by atoms with Gasteiger partial charge in [0.1, 0.15) is 0 Å². The van der Waals surface area contributed by atoms with Gasteiger partial charge in [-0.25, -0.2) is 4.79 Å². The highest BCUT2D eigenvalue weighted by atomic mass is 16.2. The Morgan fingerprint density at radius 1 is 1.39 bits per heavy atom. The van der Waals surface area contributed by atoms with Crippen molar-refractivity contribution in [1.82, 2.24) is 15.2 Å². The third-order valence-corrected chi connectivity index (χ3v) is 3.42. The molecule has 0 radical (unpaired) electrons. The van der Waals surface area contributed by atoms with Gasteiger partial charge >= 0.3 is 6.03 Å². The molecule has 1 aliphatic rings. The van der Waals surface area contributed by atoms with Crippen LogP contribution in [0.2, 0.25) is 0 Å². The average Bonchev–Trinajstić information content (AvgIpc) is 2.46. The maximum atomic E-state index is 12.0. The van der Waals surface area contributed by atoms with Gasteiger partial charge in [-0.2, -0.15) is 0 Å². The number of pyridine rings is 1. The molecule has 0 aliphatic carbocycles. The van der Waals surface area contributed by atoms with Crippen LogP contribution < -0.4 is 5.32 Å². The molecular weight excluding hydrogens is 226 g/mol. The monoisotopic (exact) mass is 247 g/mol. The van der Waals surface area contributed by atoms with E-state index in [2.05, 4.69) is 23.3 Å². The minimum atomic E-state index is 0.0439. The van der Waals surface area contributed by atoms with E-state index >= 15 is 0 Å². The van der Waals surface area contributed by atoms with Crippen molar-refractivity contribution < 1.29 is 4.79 Å². The number of rotatable bonds is 3. The number of hydrogen-bond donors (Lipinski definition) is 1. The van der Waals surface area contributed by atoms with E-state index < -0.39 is 0 Å². The summed E-state index contributed by atoms with van der Waals surface area (Å²) in [5.74, 6) is 0. The van der Waals surface area contributed by atoms with Gasteiger partial charge in [-0.3, -0.25) is 4.98 Å². The molecular formula is C14H21N3O. The van der Waals surface area contributed by atoms with Crippen LogP contribution in [0.15, 0.2) is 18.3 Å². The third kappa shape index (κ3) is 3.22. The Labute approximate surface area is 108 Å². The first-order valence-electron chi connectivity index (χ1n) is 6.77. The van der Waals surface area contributed by atoms with Gasteiger partial charge in [-0.15, -0.1) is 0 Å². The Bertz CT molecular complexity index is 400. The Balaban J connectivity index is 1.88. The molecule has 4 heteroatoms. The van der Waals surface area contributed by atoms with E-state index in [9.17, 15) is 4.79 Å². The standard InChI is InChI=1S/C14H21N3O/c1-2-12-7-6-8-15-13(12)11-16-14(18)17-9-4-3-5-10-17/h6-8H,2-5,9-11H2,1H3,(H,16,18). The highest BCUT2D eigenvalue weighted by Gasteiger charge is 2.16. The van der Waals surface area contributed by atoms with Crippen molar-refractivity contribution in [3.05, 3.63) is 29.6 Å². The van der Waals surface area contributed by atoms with E-state index in [4.69, 9.17) is 0 Å². The lowest BCUT2D eigenvalue weighted by Gasteiger charge is -2.26. The molecule has 0 spiro atoms. The van der Waals surface area contributed by atoms with Gasteiger partial charge in [0, 0.05) is 19.3 Å². The third-order valence-electron chi connectivity index (χ3n) is 3.42. The molecule has 1 aliphatic heterocycles. The second-order valence-corrected chi connectivity index (χ2v) is 4.67. The fourth-order valence-electron chi connectivity index (χ4n) is 2.32. The Morgan fingerprint density at radius 3 is 2.89 bits per heavy atom. The molecule has 0 saturated carbocycles. The summed E-state index contributed by atoms with van der Waals surface area (Å²) in [6.07, 6.45) is 6.21. The van der Waals surface area contributed by atoms with Crippen LogP contribution in [-0.4, -0.2) is 29.0 Å². The van der Waals surface area contributed by atoms with Crippen LogP contribution in [0.4, 0.5) is 4.79 Å². The summed E-state index contributed by atoms with van der Waals surface area (Å²) in [4.78, 5) is 18.2. The van der Waals surface area contributed by atoms with Gasteiger partial charge < -0.3 is 10.2 Å². The molecule has 2 heterocycles. The topological polar surface area (TPSA) is 45.2 Å². The predicted octanol–water partition coefficient (Wildman–Crippen LogP) is 2.34. The van der Waals surface area contributed by atoms with Crippen LogP contribution in [0, 0.1) is 0 Å². The van der Waals surface area contributed by atoms with Crippen LogP contribution in [0.25, 0.3) is 0 Å². The number of aromatic nitrogens is 1. The van der Waals surface area contributed by atoms with Crippen molar-refractivity contribution in [3.8, 4) is 0 Å². The van der Waals surface area contributed by atoms with Gasteiger partial charge in [-0.1, -0.05) is 13.0 Å². The number of aryl methyl sites for hydroxylation is 1. The first-order valence-corrected chi connectivity index (χ1v) is 6.77. The molecule has 1 aromatic rings. The van der Waals surface area contributed by atoms with Crippen molar-refractivity contribution in [2.75, 3.05) is 13.1 Å². The summed E-state index contributed by atoms with van der Waals surface area (Å²) < 4.78 is 0. The van der Waals surface area contributed by atoms with E-state index in [1.54, 1.807) is 6.20 Å². The number of likely N-dealkylation sites (tertiary alicyclic amines) is 1. The van der Waals surface area contributed by atoms with E-state index in [0.29, 0.717) is 6.54 Å². The number of urea groups is 1.